The quantitative estimate of drug-likeness (QED) is 0.708. The minimum Gasteiger partial charge on any atom is -0.481 e. The molecule has 0 unspecified atom stereocenters. The maximum absolute atomic E-state index is 11.0. The Kier molecular flexibility index (Phi) is 4.68. The molecule has 0 N–H and O–H groups in total. The van der Waals surface area contributed by atoms with Crippen molar-refractivity contribution in [2.45, 2.75) is 13.3 Å². The van der Waals surface area contributed by atoms with E-state index in [1.54, 1.807) is 7.11 Å². The molecule has 1 heterocycles. The molecule has 1 rings (SSSR count). The highest BCUT2D eigenvalue weighted by molar-refractivity contribution is 5.70. The summed E-state index contributed by atoms with van der Waals surface area (Å²) in [4.78, 5) is 21.1. The summed E-state index contributed by atoms with van der Waals surface area (Å²) < 4.78 is 9.70. The van der Waals surface area contributed by atoms with Gasteiger partial charge in [0.2, 0.25) is 5.88 Å². The zero-order valence-corrected chi connectivity index (χ0v) is 10.6. The number of anilines is 1. The van der Waals surface area contributed by atoms with E-state index in [2.05, 4.69) is 14.7 Å². The van der Waals surface area contributed by atoms with Crippen molar-refractivity contribution in [2.75, 3.05) is 32.7 Å². The van der Waals surface area contributed by atoms with Crippen LogP contribution in [0.15, 0.2) is 6.33 Å². The Bertz CT molecular complexity index is 396. The van der Waals surface area contributed by atoms with E-state index in [9.17, 15) is 4.79 Å². The Balaban J connectivity index is 2.75. The molecular formula is C11H17N3O3. The van der Waals surface area contributed by atoms with Crippen LogP contribution < -0.4 is 9.64 Å². The van der Waals surface area contributed by atoms with E-state index in [0.717, 1.165) is 11.4 Å². The molecule has 0 atom stereocenters. The van der Waals surface area contributed by atoms with Crippen LogP contribution in [-0.4, -0.2) is 43.7 Å². The number of carbonyl (C=O) groups is 1. The lowest BCUT2D eigenvalue weighted by Gasteiger charge is -2.19. The molecule has 0 fully saturated rings. The maximum atomic E-state index is 11.0. The van der Waals surface area contributed by atoms with Gasteiger partial charge in [0.05, 0.1) is 26.2 Å². The summed E-state index contributed by atoms with van der Waals surface area (Å²) in [5.41, 5.74) is 0.849. The van der Waals surface area contributed by atoms with Gasteiger partial charge in [-0.15, -0.1) is 0 Å². The summed E-state index contributed by atoms with van der Waals surface area (Å²) in [7, 11) is 4.80. The van der Waals surface area contributed by atoms with E-state index in [1.807, 2.05) is 18.9 Å². The third-order valence-corrected chi connectivity index (χ3v) is 2.45. The second-order valence-corrected chi connectivity index (χ2v) is 3.58. The van der Waals surface area contributed by atoms with Crippen LogP contribution in [0.5, 0.6) is 5.88 Å². The van der Waals surface area contributed by atoms with Crippen LogP contribution in [0.25, 0.3) is 0 Å². The molecule has 6 nitrogen and oxygen atoms in total. The fourth-order valence-electron chi connectivity index (χ4n) is 1.48. The number of aromatic nitrogens is 2. The van der Waals surface area contributed by atoms with Gasteiger partial charge in [0, 0.05) is 13.6 Å². The summed E-state index contributed by atoms with van der Waals surface area (Å²) in [5, 5.41) is 0. The fourth-order valence-corrected chi connectivity index (χ4v) is 1.48. The van der Waals surface area contributed by atoms with E-state index >= 15 is 0 Å². The van der Waals surface area contributed by atoms with Crippen LogP contribution in [0.4, 0.5) is 5.82 Å². The minimum absolute atomic E-state index is 0.240. The summed E-state index contributed by atoms with van der Waals surface area (Å²) in [6.45, 7) is 2.41. The van der Waals surface area contributed by atoms with Gasteiger partial charge in [0.15, 0.2) is 0 Å². The van der Waals surface area contributed by atoms with Crippen LogP contribution in [0, 0.1) is 6.92 Å². The zero-order chi connectivity index (χ0) is 12.8. The standard InChI is InChI=1S/C11H17N3O3/c1-8-10(12-7-13-11(8)17-4)14(2)6-5-9(15)16-3/h7H,5-6H2,1-4H3. The number of ether oxygens (including phenoxy) is 2. The summed E-state index contributed by atoms with van der Waals surface area (Å²) in [5.74, 6) is 1.05. The van der Waals surface area contributed by atoms with Gasteiger partial charge in [-0.2, -0.15) is 0 Å². The topological polar surface area (TPSA) is 64.5 Å². The van der Waals surface area contributed by atoms with Gasteiger partial charge in [-0.05, 0) is 6.92 Å². The molecule has 0 spiro atoms. The van der Waals surface area contributed by atoms with Crippen LogP contribution in [0.1, 0.15) is 12.0 Å². The molecule has 1 aromatic heterocycles. The Morgan fingerprint density at radius 3 is 2.71 bits per heavy atom. The molecule has 0 aliphatic rings. The van der Waals surface area contributed by atoms with E-state index in [4.69, 9.17) is 4.74 Å². The normalized spacial score (nSPS) is 9.88. The smallest absolute Gasteiger partial charge is 0.307 e. The van der Waals surface area contributed by atoms with Crippen LogP contribution in [0.3, 0.4) is 0 Å². The molecule has 0 radical (unpaired) electrons. The molecule has 1 aromatic rings. The van der Waals surface area contributed by atoms with Gasteiger partial charge in [-0.25, -0.2) is 9.97 Å². The first-order valence-electron chi connectivity index (χ1n) is 5.23. The highest BCUT2D eigenvalue weighted by Crippen LogP contribution is 2.22. The van der Waals surface area contributed by atoms with E-state index in [0.29, 0.717) is 18.8 Å². The summed E-state index contributed by atoms with van der Waals surface area (Å²) in [6, 6.07) is 0. The molecule has 17 heavy (non-hydrogen) atoms. The summed E-state index contributed by atoms with van der Waals surface area (Å²) >= 11 is 0. The average molecular weight is 239 g/mol. The maximum Gasteiger partial charge on any atom is 0.307 e. The van der Waals surface area contributed by atoms with Crippen molar-refractivity contribution >= 4 is 11.8 Å². The number of esters is 1. The zero-order valence-electron chi connectivity index (χ0n) is 10.6. The number of methoxy groups -OCH3 is 2. The lowest BCUT2D eigenvalue weighted by molar-refractivity contribution is -0.140. The Morgan fingerprint density at radius 2 is 2.12 bits per heavy atom. The third-order valence-electron chi connectivity index (χ3n) is 2.45. The van der Waals surface area contributed by atoms with Crippen molar-refractivity contribution in [3.63, 3.8) is 0 Å². The third kappa shape index (κ3) is 3.30. The molecule has 0 aromatic carbocycles. The predicted molar refractivity (Wildman–Crippen MR) is 63.2 cm³/mol. The molecule has 6 heteroatoms. The van der Waals surface area contributed by atoms with E-state index in [-0.39, 0.29) is 5.97 Å². The average Bonchev–Trinajstić information content (AvgIpc) is 2.35. The van der Waals surface area contributed by atoms with Crippen molar-refractivity contribution in [1.82, 2.24) is 9.97 Å². The Hall–Kier alpha value is -1.85. The summed E-state index contributed by atoms with van der Waals surface area (Å²) in [6.07, 6.45) is 1.76. The van der Waals surface area contributed by atoms with Crippen LogP contribution >= 0.6 is 0 Å². The second-order valence-electron chi connectivity index (χ2n) is 3.58. The highest BCUT2D eigenvalue weighted by Gasteiger charge is 2.12. The molecule has 0 bridgehead atoms. The van der Waals surface area contributed by atoms with Gasteiger partial charge in [0.1, 0.15) is 12.1 Å². The minimum atomic E-state index is -0.240. The second kappa shape index (κ2) is 6.03. The van der Waals surface area contributed by atoms with Gasteiger partial charge in [0.25, 0.3) is 0 Å². The molecule has 0 aliphatic carbocycles. The molecule has 0 aliphatic heterocycles. The van der Waals surface area contributed by atoms with Crippen LogP contribution in [-0.2, 0) is 9.53 Å². The van der Waals surface area contributed by atoms with E-state index < -0.39 is 0 Å². The lowest BCUT2D eigenvalue weighted by Crippen LogP contribution is -2.23. The number of hydrogen-bond acceptors (Lipinski definition) is 6. The molecule has 0 saturated heterocycles. The van der Waals surface area contributed by atoms with Crippen molar-refractivity contribution in [3.8, 4) is 5.88 Å². The number of hydrogen-bond donors (Lipinski definition) is 0. The van der Waals surface area contributed by atoms with Crippen molar-refractivity contribution in [2.24, 2.45) is 0 Å². The number of nitrogens with zero attached hydrogens (tertiary/aromatic N) is 3. The predicted octanol–water partition coefficient (Wildman–Crippen LogP) is 0.793. The molecule has 94 valence electrons. The highest BCUT2D eigenvalue weighted by atomic mass is 16.5. The Morgan fingerprint density at radius 1 is 1.41 bits per heavy atom. The van der Waals surface area contributed by atoms with Gasteiger partial charge >= 0.3 is 5.97 Å². The molecule has 0 amide bonds. The lowest BCUT2D eigenvalue weighted by atomic mass is 10.3. The first-order valence-corrected chi connectivity index (χ1v) is 5.23. The van der Waals surface area contributed by atoms with Gasteiger partial charge in [-0.1, -0.05) is 0 Å². The number of carbonyl (C=O) groups excluding carboxylic acids is 1. The largest absolute Gasteiger partial charge is 0.481 e. The number of rotatable bonds is 5. The first-order chi connectivity index (χ1) is 8.10. The van der Waals surface area contributed by atoms with Gasteiger partial charge < -0.3 is 14.4 Å². The van der Waals surface area contributed by atoms with Crippen molar-refractivity contribution < 1.29 is 14.3 Å². The SMILES string of the molecule is COC(=O)CCN(C)c1ncnc(OC)c1C. The molecule has 0 saturated carbocycles. The Labute approximate surface area is 101 Å². The fraction of sp³-hybridized carbons (Fsp3) is 0.545. The van der Waals surface area contributed by atoms with Crippen molar-refractivity contribution in [1.29, 1.82) is 0 Å². The van der Waals surface area contributed by atoms with Crippen molar-refractivity contribution in [3.05, 3.63) is 11.9 Å². The van der Waals surface area contributed by atoms with Gasteiger partial charge in [-0.3, -0.25) is 4.79 Å². The monoisotopic (exact) mass is 239 g/mol. The van der Waals surface area contributed by atoms with Crippen LogP contribution in [0.2, 0.25) is 0 Å². The molecular weight excluding hydrogens is 222 g/mol. The first kappa shape index (κ1) is 13.2. The van der Waals surface area contributed by atoms with E-state index in [1.165, 1.54) is 13.4 Å².